The van der Waals surface area contributed by atoms with E-state index in [1.807, 2.05) is 6.07 Å². The van der Waals surface area contributed by atoms with E-state index in [1.165, 1.54) is 17.3 Å². The van der Waals surface area contributed by atoms with Gasteiger partial charge in [-0.05, 0) is 42.6 Å². The van der Waals surface area contributed by atoms with Crippen LogP contribution in [0.25, 0.3) is 11.1 Å². The summed E-state index contributed by atoms with van der Waals surface area (Å²) in [5, 5.41) is 12.6. The lowest BCUT2D eigenvalue weighted by Crippen LogP contribution is -2.33. The smallest absolute Gasteiger partial charge is 0.140 e. The van der Waals surface area contributed by atoms with E-state index in [9.17, 15) is 4.39 Å². The van der Waals surface area contributed by atoms with Crippen LogP contribution >= 0.6 is 0 Å². The fourth-order valence-electron chi connectivity index (χ4n) is 3.80. The van der Waals surface area contributed by atoms with E-state index in [4.69, 9.17) is 5.26 Å². The highest BCUT2D eigenvalue weighted by molar-refractivity contribution is 5.83. The molecule has 2 aromatic rings. The number of nitriles is 1. The van der Waals surface area contributed by atoms with E-state index in [1.54, 1.807) is 12.1 Å². The van der Waals surface area contributed by atoms with Crippen LogP contribution in [0.1, 0.15) is 17.5 Å². The van der Waals surface area contributed by atoms with Gasteiger partial charge < -0.3 is 10.2 Å². The number of rotatable bonds is 1. The van der Waals surface area contributed by atoms with Crippen LogP contribution in [0.2, 0.25) is 0 Å². The molecule has 0 aromatic heterocycles. The first-order chi connectivity index (χ1) is 11.3. The van der Waals surface area contributed by atoms with Gasteiger partial charge in [-0.3, -0.25) is 0 Å². The van der Waals surface area contributed by atoms with Gasteiger partial charge in [0.1, 0.15) is 11.9 Å². The molecule has 2 aromatic carbocycles. The van der Waals surface area contributed by atoms with Crippen LogP contribution in [0.5, 0.6) is 0 Å². The molecule has 2 aliphatic heterocycles. The number of para-hydroxylation sites is 1. The van der Waals surface area contributed by atoms with Gasteiger partial charge in [-0.1, -0.05) is 24.3 Å². The molecule has 1 saturated heterocycles. The van der Waals surface area contributed by atoms with Gasteiger partial charge in [0.2, 0.25) is 0 Å². The van der Waals surface area contributed by atoms with Crippen LogP contribution in [0.15, 0.2) is 36.4 Å². The van der Waals surface area contributed by atoms with Gasteiger partial charge in [-0.25, -0.2) is 4.39 Å². The molecule has 2 heterocycles. The van der Waals surface area contributed by atoms with E-state index < -0.39 is 5.82 Å². The second-order valence-corrected chi connectivity index (χ2v) is 6.21. The Morgan fingerprint density at radius 3 is 3.00 bits per heavy atom. The minimum atomic E-state index is -0.458. The van der Waals surface area contributed by atoms with Gasteiger partial charge in [0.25, 0.3) is 0 Å². The van der Waals surface area contributed by atoms with Gasteiger partial charge in [-0.15, -0.1) is 0 Å². The van der Waals surface area contributed by atoms with Crippen molar-refractivity contribution in [2.45, 2.75) is 18.9 Å². The summed E-state index contributed by atoms with van der Waals surface area (Å²) in [5.74, 6) is -0.458. The monoisotopic (exact) mass is 307 g/mol. The van der Waals surface area contributed by atoms with Gasteiger partial charge in [0, 0.05) is 30.4 Å². The number of benzene rings is 2. The highest BCUT2D eigenvalue weighted by Crippen LogP contribution is 2.41. The molecule has 23 heavy (non-hydrogen) atoms. The highest BCUT2D eigenvalue weighted by atomic mass is 19.1. The van der Waals surface area contributed by atoms with Crippen LogP contribution in [0.4, 0.5) is 10.1 Å². The van der Waals surface area contributed by atoms with Crippen molar-refractivity contribution in [3.63, 3.8) is 0 Å². The Morgan fingerprint density at radius 2 is 2.13 bits per heavy atom. The Kier molecular flexibility index (Phi) is 3.51. The van der Waals surface area contributed by atoms with Crippen molar-refractivity contribution in [1.82, 2.24) is 5.32 Å². The van der Waals surface area contributed by atoms with E-state index in [-0.39, 0.29) is 5.56 Å². The molecule has 0 spiro atoms. The molecule has 2 aliphatic rings. The lowest BCUT2D eigenvalue weighted by atomic mass is 9.98. The minimum absolute atomic E-state index is 0.104. The largest absolute Gasteiger partial charge is 0.366 e. The predicted molar refractivity (Wildman–Crippen MR) is 88.9 cm³/mol. The summed E-state index contributed by atoms with van der Waals surface area (Å²) in [6.45, 7) is 3.03. The number of fused-ring (bicyclic) bond motifs is 3. The normalized spacial score (nSPS) is 19.7. The van der Waals surface area contributed by atoms with Crippen molar-refractivity contribution in [3.05, 3.63) is 53.3 Å². The van der Waals surface area contributed by atoms with Gasteiger partial charge in [-0.2, -0.15) is 5.26 Å². The molecule has 0 bridgehead atoms. The predicted octanol–water partition coefficient (Wildman–Crippen LogP) is 3.09. The summed E-state index contributed by atoms with van der Waals surface area (Å²) in [4.78, 5) is 2.49. The van der Waals surface area contributed by atoms with Crippen molar-refractivity contribution in [2.24, 2.45) is 0 Å². The molecule has 3 nitrogen and oxygen atoms in total. The maximum Gasteiger partial charge on any atom is 0.140 e. The fourth-order valence-corrected chi connectivity index (χ4v) is 3.80. The van der Waals surface area contributed by atoms with Crippen molar-refractivity contribution in [2.75, 3.05) is 24.5 Å². The fraction of sp³-hybridized carbons (Fsp3) is 0.316. The first-order valence-electron chi connectivity index (χ1n) is 8.07. The third-order valence-electron chi connectivity index (χ3n) is 4.88. The summed E-state index contributed by atoms with van der Waals surface area (Å²) < 4.78 is 13.6. The van der Waals surface area contributed by atoms with Gasteiger partial charge in [0.15, 0.2) is 0 Å². The molecule has 1 atom stereocenters. The van der Waals surface area contributed by atoms with Crippen molar-refractivity contribution < 1.29 is 4.39 Å². The zero-order valence-corrected chi connectivity index (χ0v) is 12.8. The van der Waals surface area contributed by atoms with E-state index in [0.29, 0.717) is 6.04 Å². The number of nitrogens with one attached hydrogen (secondary N) is 1. The average Bonchev–Trinajstić information content (AvgIpc) is 2.77. The zero-order chi connectivity index (χ0) is 15.8. The molecule has 4 rings (SSSR count). The second-order valence-electron chi connectivity index (χ2n) is 6.21. The van der Waals surface area contributed by atoms with Crippen LogP contribution in [-0.4, -0.2) is 25.7 Å². The third-order valence-corrected chi connectivity index (χ3v) is 4.88. The first kappa shape index (κ1) is 14.2. The summed E-state index contributed by atoms with van der Waals surface area (Å²) in [6, 6.07) is 13.6. The van der Waals surface area contributed by atoms with Crippen LogP contribution in [0, 0.1) is 17.1 Å². The van der Waals surface area contributed by atoms with Crippen molar-refractivity contribution >= 4 is 5.69 Å². The minimum Gasteiger partial charge on any atom is -0.366 e. The van der Waals surface area contributed by atoms with E-state index in [2.05, 4.69) is 28.4 Å². The van der Waals surface area contributed by atoms with Gasteiger partial charge >= 0.3 is 0 Å². The zero-order valence-electron chi connectivity index (χ0n) is 12.8. The Hall–Kier alpha value is -2.38. The lowest BCUT2D eigenvalue weighted by Gasteiger charge is -2.26. The molecule has 0 radical (unpaired) electrons. The molecule has 0 saturated carbocycles. The third kappa shape index (κ3) is 2.38. The highest BCUT2D eigenvalue weighted by Gasteiger charge is 2.32. The number of halogens is 1. The molecular weight excluding hydrogens is 289 g/mol. The van der Waals surface area contributed by atoms with Crippen LogP contribution < -0.4 is 10.2 Å². The second kappa shape index (κ2) is 5.68. The van der Waals surface area contributed by atoms with Crippen LogP contribution in [0.3, 0.4) is 0 Å². The molecule has 1 fully saturated rings. The van der Waals surface area contributed by atoms with E-state index >= 15 is 0 Å². The Morgan fingerprint density at radius 1 is 1.22 bits per heavy atom. The Bertz CT molecular complexity index is 794. The number of anilines is 1. The summed E-state index contributed by atoms with van der Waals surface area (Å²) >= 11 is 0. The number of nitrogens with zero attached hydrogens (tertiary/aromatic N) is 2. The summed E-state index contributed by atoms with van der Waals surface area (Å²) in [7, 11) is 0. The SMILES string of the molecule is N#Cc1cc(-c2cccc3c2N2CCNCCC2C3)ccc1F. The molecule has 1 N–H and O–H groups in total. The molecule has 0 amide bonds. The quantitative estimate of drug-likeness (QED) is 0.880. The van der Waals surface area contributed by atoms with Crippen molar-refractivity contribution in [1.29, 1.82) is 5.26 Å². The molecule has 116 valence electrons. The Labute approximate surface area is 135 Å². The number of hydrogen-bond acceptors (Lipinski definition) is 3. The Balaban J connectivity index is 1.83. The molecule has 0 aliphatic carbocycles. The lowest BCUT2D eigenvalue weighted by molar-refractivity contribution is 0.612. The number of hydrogen-bond donors (Lipinski definition) is 1. The topological polar surface area (TPSA) is 39.1 Å². The summed E-state index contributed by atoms with van der Waals surface area (Å²) in [5.41, 5.74) is 4.74. The van der Waals surface area contributed by atoms with E-state index in [0.717, 1.165) is 43.6 Å². The van der Waals surface area contributed by atoms with Crippen LogP contribution in [-0.2, 0) is 6.42 Å². The maximum atomic E-state index is 13.6. The molecule has 1 unspecified atom stereocenters. The van der Waals surface area contributed by atoms with Crippen molar-refractivity contribution in [3.8, 4) is 17.2 Å². The first-order valence-corrected chi connectivity index (χ1v) is 8.07. The standard InChI is InChI=1S/C19H18FN3/c20-18-5-4-13(10-15(18)12-21)17-3-1-2-14-11-16-6-7-22-8-9-23(16)19(14)17/h1-5,10,16,22H,6-9,11H2. The average molecular weight is 307 g/mol. The molecular formula is C19H18FN3. The maximum absolute atomic E-state index is 13.6. The summed E-state index contributed by atoms with van der Waals surface area (Å²) in [6.07, 6.45) is 2.21. The molecule has 4 heteroatoms. The van der Waals surface area contributed by atoms with Gasteiger partial charge in [0.05, 0.1) is 5.56 Å².